The van der Waals surface area contributed by atoms with Crippen molar-refractivity contribution in [2.24, 2.45) is 5.92 Å². The highest BCUT2D eigenvalue weighted by molar-refractivity contribution is 5.77. The number of amides is 1. The first-order valence-corrected chi connectivity index (χ1v) is 11.8. The van der Waals surface area contributed by atoms with E-state index in [0.717, 1.165) is 43.3 Å². The predicted molar refractivity (Wildman–Crippen MR) is 127 cm³/mol. The van der Waals surface area contributed by atoms with Crippen molar-refractivity contribution in [3.8, 4) is 6.07 Å². The van der Waals surface area contributed by atoms with Gasteiger partial charge in [-0.2, -0.15) is 5.26 Å². The molecule has 170 valence electrons. The number of hydrogen-bond donors (Lipinski definition) is 0. The van der Waals surface area contributed by atoms with Crippen LogP contribution in [-0.2, 0) is 16.7 Å². The fraction of sp³-hybridized carbons (Fsp3) is 0.444. The van der Waals surface area contributed by atoms with Crippen LogP contribution in [0.15, 0.2) is 54.9 Å². The van der Waals surface area contributed by atoms with Gasteiger partial charge in [-0.1, -0.05) is 44.2 Å². The molecule has 1 saturated heterocycles. The number of nitriles is 1. The van der Waals surface area contributed by atoms with Crippen molar-refractivity contribution in [2.45, 2.75) is 57.1 Å². The van der Waals surface area contributed by atoms with Crippen molar-refractivity contribution >= 4 is 17.1 Å². The van der Waals surface area contributed by atoms with Crippen molar-refractivity contribution in [3.05, 3.63) is 66.0 Å². The van der Waals surface area contributed by atoms with Crippen LogP contribution in [0.4, 0.5) is 4.79 Å². The maximum Gasteiger partial charge on any atom is 0.410 e. The van der Waals surface area contributed by atoms with E-state index in [-0.39, 0.29) is 11.5 Å². The molecular weight excluding hydrogens is 412 g/mol. The minimum atomic E-state index is -0.402. The molecule has 5 rings (SSSR count). The SMILES string of the molecule is CC(C)(CN1C[C@@]2(CCC[C@H](Cn3cnc4ccc(C#N)cc43)C2)OC1=O)c1ccccc1. The zero-order valence-corrected chi connectivity index (χ0v) is 19.3. The van der Waals surface area contributed by atoms with Gasteiger partial charge in [-0.25, -0.2) is 9.78 Å². The van der Waals surface area contributed by atoms with E-state index in [2.05, 4.69) is 41.6 Å². The van der Waals surface area contributed by atoms with Crippen molar-refractivity contribution in [1.82, 2.24) is 14.5 Å². The third-order valence-corrected chi connectivity index (χ3v) is 7.29. The molecule has 33 heavy (non-hydrogen) atoms. The summed E-state index contributed by atoms with van der Waals surface area (Å²) in [5.41, 5.74) is 3.22. The highest BCUT2D eigenvalue weighted by Crippen LogP contribution is 2.41. The lowest BCUT2D eigenvalue weighted by Crippen LogP contribution is -2.42. The number of ether oxygens (including phenoxy) is 1. The molecule has 1 aliphatic carbocycles. The van der Waals surface area contributed by atoms with E-state index in [1.807, 2.05) is 41.6 Å². The van der Waals surface area contributed by atoms with Crippen LogP contribution < -0.4 is 0 Å². The Hall–Kier alpha value is -3.33. The average molecular weight is 443 g/mol. The molecule has 0 unspecified atom stereocenters. The van der Waals surface area contributed by atoms with Crippen LogP contribution in [-0.4, -0.2) is 39.2 Å². The lowest BCUT2D eigenvalue weighted by Gasteiger charge is -2.36. The summed E-state index contributed by atoms with van der Waals surface area (Å²) in [6.07, 6.45) is 5.60. The number of nitrogens with zero attached hydrogens (tertiary/aromatic N) is 4. The maximum atomic E-state index is 12.9. The van der Waals surface area contributed by atoms with E-state index in [1.54, 1.807) is 6.07 Å². The summed E-state index contributed by atoms with van der Waals surface area (Å²) in [4.78, 5) is 19.3. The Balaban J connectivity index is 1.29. The summed E-state index contributed by atoms with van der Waals surface area (Å²) in [6.45, 7) is 6.49. The van der Waals surface area contributed by atoms with Gasteiger partial charge in [0.25, 0.3) is 0 Å². The Morgan fingerprint density at radius 2 is 2.06 bits per heavy atom. The standard InChI is InChI=1S/C27H30N4O2/c1-26(2,22-8-4-3-5-9-22)17-31-18-27(33-25(31)32)12-6-7-21(14-27)16-30-19-29-23-11-10-20(15-28)13-24(23)30/h3-5,8-11,13,19,21H,6-7,12,14,16-18H2,1-2H3/t21-,27-/m0/s1. The molecule has 2 atom stereocenters. The highest BCUT2D eigenvalue weighted by Gasteiger charge is 2.49. The monoisotopic (exact) mass is 442 g/mol. The first kappa shape index (κ1) is 21.5. The van der Waals surface area contributed by atoms with Crippen LogP contribution in [0.1, 0.15) is 50.7 Å². The Morgan fingerprint density at radius 3 is 2.85 bits per heavy atom. The van der Waals surface area contributed by atoms with Gasteiger partial charge < -0.3 is 14.2 Å². The van der Waals surface area contributed by atoms with Gasteiger partial charge in [-0.15, -0.1) is 0 Å². The largest absolute Gasteiger partial charge is 0.441 e. The Labute approximate surface area is 194 Å². The second-order valence-corrected chi connectivity index (χ2v) is 10.3. The summed E-state index contributed by atoms with van der Waals surface area (Å²) in [5, 5.41) is 9.26. The van der Waals surface area contributed by atoms with Crippen molar-refractivity contribution < 1.29 is 9.53 Å². The van der Waals surface area contributed by atoms with Crippen LogP contribution in [0.5, 0.6) is 0 Å². The number of fused-ring (bicyclic) bond motifs is 1. The van der Waals surface area contributed by atoms with Crippen LogP contribution in [0.3, 0.4) is 0 Å². The number of rotatable bonds is 5. The van der Waals surface area contributed by atoms with Gasteiger partial charge in [0.2, 0.25) is 0 Å². The van der Waals surface area contributed by atoms with E-state index in [0.29, 0.717) is 24.6 Å². The molecule has 2 aromatic carbocycles. The van der Waals surface area contributed by atoms with E-state index in [1.165, 1.54) is 5.56 Å². The number of imidazole rings is 1. The number of hydrogen-bond acceptors (Lipinski definition) is 4. The third kappa shape index (κ3) is 4.20. The molecule has 1 amide bonds. The predicted octanol–water partition coefficient (Wildman–Crippen LogP) is 5.27. The van der Waals surface area contributed by atoms with Crippen LogP contribution in [0.2, 0.25) is 0 Å². The molecule has 6 heteroatoms. The van der Waals surface area contributed by atoms with Crippen LogP contribution in [0, 0.1) is 17.2 Å². The van der Waals surface area contributed by atoms with Gasteiger partial charge in [0.05, 0.1) is 35.5 Å². The summed E-state index contributed by atoms with van der Waals surface area (Å²) >= 11 is 0. The molecule has 1 saturated carbocycles. The molecule has 6 nitrogen and oxygen atoms in total. The third-order valence-electron chi connectivity index (χ3n) is 7.29. The van der Waals surface area contributed by atoms with Crippen molar-refractivity contribution in [2.75, 3.05) is 13.1 Å². The molecular formula is C27H30N4O2. The number of benzene rings is 2. The molecule has 2 heterocycles. The normalized spacial score (nSPS) is 23.1. The number of aromatic nitrogens is 2. The fourth-order valence-electron chi connectivity index (χ4n) is 5.66. The summed E-state index contributed by atoms with van der Waals surface area (Å²) < 4.78 is 8.22. The molecule has 1 aliphatic heterocycles. The summed E-state index contributed by atoms with van der Waals surface area (Å²) in [7, 11) is 0. The summed E-state index contributed by atoms with van der Waals surface area (Å²) in [6, 6.07) is 18.2. The lowest BCUT2D eigenvalue weighted by molar-refractivity contribution is 0.00414. The first-order valence-electron chi connectivity index (χ1n) is 11.8. The topological polar surface area (TPSA) is 71.2 Å². The van der Waals surface area contributed by atoms with Gasteiger partial charge in [-0.3, -0.25) is 0 Å². The van der Waals surface area contributed by atoms with Crippen LogP contribution in [0.25, 0.3) is 11.0 Å². The zero-order chi connectivity index (χ0) is 23.1. The van der Waals surface area contributed by atoms with E-state index in [4.69, 9.17) is 4.74 Å². The van der Waals surface area contributed by atoms with E-state index < -0.39 is 5.60 Å². The smallest absolute Gasteiger partial charge is 0.410 e. The van der Waals surface area contributed by atoms with Crippen LogP contribution >= 0.6 is 0 Å². The molecule has 2 aliphatic rings. The van der Waals surface area contributed by atoms with Gasteiger partial charge in [0.15, 0.2) is 0 Å². The Kier molecular flexibility index (Phi) is 5.36. The average Bonchev–Trinajstić information content (AvgIpc) is 3.33. The number of carbonyl (C=O) groups is 1. The van der Waals surface area contributed by atoms with E-state index in [9.17, 15) is 10.1 Å². The Bertz CT molecular complexity index is 1210. The Morgan fingerprint density at radius 1 is 1.24 bits per heavy atom. The van der Waals surface area contributed by atoms with Gasteiger partial charge in [-0.05, 0) is 55.4 Å². The molecule has 1 spiro atoms. The quantitative estimate of drug-likeness (QED) is 0.540. The maximum absolute atomic E-state index is 12.9. The number of carbonyl (C=O) groups excluding carboxylic acids is 1. The second-order valence-electron chi connectivity index (χ2n) is 10.3. The van der Waals surface area contributed by atoms with Crippen molar-refractivity contribution in [1.29, 1.82) is 5.26 Å². The highest BCUT2D eigenvalue weighted by atomic mass is 16.6. The summed E-state index contributed by atoms with van der Waals surface area (Å²) in [5.74, 6) is 0.400. The minimum Gasteiger partial charge on any atom is -0.441 e. The zero-order valence-electron chi connectivity index (χ0n) is 19.3. The van der Waals surface area contributed by atoms with Gasteiger partial charge >= 0.3 is 6.09 Å². The molecule has 0 N–H and O–H groups in total. The van der Waals surface area contributed by atoms with Crippen molar-refractivity contribution in [3.63, 3.8) is 0 Å². The van der Waals surface area contributed by atoms with Gasteiger partial charge in [0.1, 0.15) is 5.60 Å². The molecule has 3 aromatic rings. The van der Waals surface area contributed by atoms with Gasteiger partial charge in [0, 0.05) is 18.5 Å². The fourth-order valence-corrected chi connectivity index (χ4v) is 5.66. The minimum absolute atomic E-state index is 0.145. The lowest BCUT2D eigenvalue weighted by atomic mass is 9.77. The first-order chi connectivity index (χ1) is 15.9. The molecule has 1 aromatic heterocycles. The molecule has 0 radical (unpaired) electrons. The molecule has 0 bridgehead atoms. The molecule has 2 fully saturated rings. The van der Waals surface area contributed by atoms with E-state index >= 15 is 0 Å². The second kappa shape index (κ2) is 8.22.